The smallest absolute Gasteiger partial charge is 0.0931 e. The number of hydrogen-bond donors (Lipinski definition) is 1. The largest absolute Gasteiger partial charge is 0.310 e. The van der Waals surface area contributed by atoms with E-state index in [1.54, 1.807) is 11.3 Å². The van der Waals surface area contributed by atoms with Crippen molar-refractivity contribution in [3.8, 4) is 0 Å². The maximum absolute atomic E-state index is 6.02. The Kier molecular flexibility index (Phi) is 6.13. The maximum Gasteiger partial charge on any atom is 0.0931 e. The number of rotatable bonds is 6. The van der Waals surface area contributed by atoms with Gasteiger partial charge in [0.05, 0.1) is 4.34 Å². The molecule has 1 heterocycles. The van der Waals surface area contributed by atoms with Gasteiger partial charge in [-0.15, -0.1) is 11.3 Å². The van der Waals surface area contributed by atoms with E-state index in [1.165, 1.54) is 14.0 Å². The molecule has 0 aliphatic rings. The molecular formula is C15H17ClINS. The minimum atomic E-state index is 0.365. The van der Waals surface area contributed by atoms with E-state index >= 15 is 0 Å². The van der Waals surface area contributed by atoms with Crippen LogP contribution in [-0.4, -0.2) is 6.54 Å². The normalized spacial score (nSPS) is 12.6. The molecule has 1 atom stereocenters. The fourth-order valence-electron chi connectivity index (χ4n) is 2.01. The van der Waals surface area contributed by atoms with Crippen molar-refractivity contribution in [2.75, 3.05) is 6.54 Å². The van der Waals surface area contributed by atoms with Gasteiger partial charge in [0.2, 0.25) is 0 Å². The van der Waals surface area contributed by atoms with Gasteiger partial charge < -0.3 is 5.32 Å². The fourth-order valence-corrected chi connectivity index (χ4v) is 3.71. The first-order valence-electron chi connectivity index (χ1n) is 6.42. The minimum Gasteiger partial charge on any atom is -0.310 e. The Bertz CT molecular complexity index is 526. The van der Waals surface area contributed by atoms with Crippen LogP contribution in [0.2, 0.25) is 4.34 Å². The van der Waals surface area contributed by atoms with Crippen molar-refractivity contribution in [1.29, 1.82) is 0 Å². The van der Waals surface area contributed by atoms with Crippen LogP contribution in [0.4, 0.5) is 0 Å². The molecule has 0 aliphatic heterocycles. The number of hydrogen-bond acceptors (Lipinski definition) is 2. The van der Waals surface area contributed by atoms with Gasteiger partial charge in [-0.3, -0.25) is 0 Å². The molecule has 102 valence electrons. The third-order valence-corrected chi connectivity index (χ3v) is 4.85. The molecule has 0 fully saturated rings. The van der Waals surface area contributed by atoms with Crippen LogP contribution in [0.1, 0.15) is 29.8 Å². The molecule has 0 radical (unpaired) electrons. The molecule has 0 bridgehead atoms. The van der Waals surface area contributed by atoms with E-state index in [4.69, 9.17) is 11.6 Å². The molecule has 0 spiro atoms. The fraction of sp³-hybridized carbons (Fsp3) is 0.333. The van der Waals surface area contributed by atoms with Gasteiger partial charge in [0.15, 0.2) is 0 Å². The number of thiophene rings is 1. The van der Waals surface area contributed by atoms with Crippen LogP contribution in [0, 0.1) is 3.57 Å². The highest BCUT2D eigenvalue weighted by Crippen LogP contribution is 2.27. The first kappa shape index (κ1) is 15.3. The highest BCUT2D eigenvalue weighted by Gasteiger charge is 2.13. The van der Waals surface area contributed by atoms with E-state index in [-0.39, 0.29) is 0 Å². The number of halogens is 2. The van der Waals surface area contributed by atoms with Crippen molar-refractivity contribution in [3.63, 3.8) is 0 Å². The Morgan fingerprint density at radius 2 is 2.16 bits per heavy atom. The average Bonchev–Trinajstić information content (AvgIpc) is 2.80. The van der Waals surface area contributed by atoms with Crippen LogP contribution in [0.25, 0.3) is 0 Å². The highest BCUT2D eigenvalue weighted by molar-refractivity contribution is 14.1. The van der Waals surface area contributed by atoms with Crippen LogP contribution < -0.4 is 5.32 Å². The number of benzene rings is 1. The Morgan fingerprint density at radius 1 is 1.32 bits per heavy atom. The second-order valence-electron chi connectivity index (χ2n) is 4.47. The van der Waals surface area contributed by atoms with E-state index in [0.29, 0.717) is 6.04 Å². The molecule has 0 amide bonds. The molecule has 0 saturated carbocycles. The zero-order valence-corrected chi connectivity index (χ0v) is 14.6. The van der Waals surface area contributed by atoms with Gasteiger partial charge >= 0.3 is 0 Å². The Labute approximate surface area is 137 Å². The third-order valence-electron chi connectivity index (χ3n) is 2.93. The number of nitrogens with one attached hydrogen (secondary N) is 1. The summed E-state index contributed by atoms with van der Waals surface area (Å²) in [5, 5.41) is 3.63. The molecule has 1 N–H and O–H groups in total. The predicted octanol–water partition coefficient (Wildman–Crippen LogP) is 5.29. The van der Waals surface area contributed by atoms with Crippen molar-refractivity contribution in [1.82, 2.24) is 5.32 Å². The lowest BCUT2D eigenvalue weighted by molar-refractivity contribution is 0.532. The Hall–Kier alpha value is -0.100. The lowest BCUT2D eigenvalue weighted by atomic mass is 10.0. The molecule has 4 heteroatoms. The van der Waals surface area contributed by atoms with Crippen LogP contribution >= 0.6 is 45.5 Å². The Morgan fingerprint density at radius 3 is 2.79 bits per heavy atom. The van der Waals surface area contributed by atoms with Crippen LogP contribution in [0.15, 0.2) is 36.4 Å². The highest BCUT2D eigenvalue weighted by atomic mass is 127. The summed E-state index contributed by atoms with van der Waals surface area (Å²) in [6.45, 7) is 3.23. The first-order chi connectivity index (χ1) is 9.19. The van der Waals surface area contributed by atoms with Crippen molar-refractivity contribution < 1.29 is 0 Å². The predicted molar refractivity (Wildman–Crippen MR) is 93.2 cm³/mol. The zero-order chi connectivity index (χ0) is 13.7. The summed E-state index contributed by atoms with van der Waals surface area (Å²) < 4.78 is 2.15. The second kappa shape index (κ2) is 7.62. The summed E-state index contributed by atoms with van der Waals surface area (Å²) in [6.07, 6.45) is 2.14. The van der Waals surface area contributed by atoms with Crippen molar-refractivity contribution >= 4 is 45.5 Å². The van der Waals surface area contributed by atoms with E-state index in [1.807, 2.05) is 6.07 Å². The van der Waals surface area contributed by atoms with E-state index in [2.05, 4.69) is 65.2 Å². The minimum absolute atomic E-state index is 0.365. The van der Waals surface area contributed by atoms with Gasteiger partial charge in [0.1, 0.15) is 0 Å². The average molecular weight is 406 g/mol. The van der Waals surface area contributed by atoms with Crippen molar-refractivity contribution in [3.05, 3.63) is 54.7 Å². The Balaban J connectivity index is 2.15. The molecule has 0 aliphatic carbocycles. The summed E-state index contributed by atoms with van der Waals surface area (Å²) in [6, 6.07) is 13.2. The summed E-state index contributed by atoms with van der Waals surface area (Å²) in [7, 11) is 0. The standard InChI is InChI=1S/C15H17ClINS/c1-2-8-18-14(10-13-6-7-15(16)19-13)11-4-3-5-12(17)9-11/h3-7,9,14,18H,2,8,10H2,1H3. The summed E-state index contributed by atoms with van der Waals surface area (Å²) in [4.78, 5) is 1.33. The van der Waals surface area contributed by atoms with E-state index in [9.17, 15) is 0 Å². The molecule has 2 rings (SSSR count). The monoisotopic (exact) mass is 405 g/mol. The lowest BCUT2D eigenvalue weighted by Gasteiger charge is -2.18. The molecule has 1 unspecified atom stereocenters. The molecule has 1 nitrogen and oxygen atoms in total. The SMILES string of the molecule is CCCNC(Cc1ccc(Cl)s1)c1cccc(I)c1. The topological polar surface area (TPSA) is 12.0 Å². The summed E-state index contributed by atoms with van der Waals surface area (Å²) in [5.74, 6) is 0. The maximum atomic E-state index is 6.02. The second-order valence-corrected chi connectivity index (χ2v) is 7.52. The first-order valence-corrected chi connectivity index (χ1v) is 8.69. The molecular weight excluding hydrogens is 389 g/mol. The molecule has 19 heavy (non-hydrogen) atoms. The van der Waals surface area contributed by atoms with Crippen molar-refractivity contribution in [2.45, 2.75) is 25.8 Å². The van der Waals surface area contributed by atoms with Gasteiger partial charge in [0, 0.05) is 20.9 Å². The van der Waals surface area contributed by atoms with Crippen LogP contribution in [-0.2, 0) is 6.42 Å². The van der Waals surface area contributed by atoms with Gasteiger partial charge in [-0.05, 0) is 65.4 Å². The zero-order valence-electron chi connectivity index (χ0n) is 10.8. The van der Waals surface area contributed by atoms with E-state index in [0.717, 1.165) is 23.7 Å². The summed E-state index contributed by atoms with van der Waals surface area (Å²) >= 11 is 10.1. The third kappa shape index (κ3) is 4.74. The van der Waals surface area contributed by atoms with Gasteiger partial charge in [-0.1, -0.05) is 30.7 Å². The molecule has 0 saturated heterocycles. The lowest BCUT2D eigenvalue weighted by Crippen LogP contribution is -2.23. The van der Waals surface area contributed by atoms with Crippen LogP contribution in [0.3, 0.4) is 0 Å². The van der Waals surface area contributed by atoms with Gasteiger partial charge in [0.25, 0.3) is 0 Å². The van der Waals surface area contributed by atoms with E-state index < -0.39 is 0 Å². The van der Waals surface area contributed by atoms with Gasteiger partial charge in [-0.2, -0.15) is 0 Å². The molecule has 1 aromatic heterocycles. The quantitative estimate of drug-likeness (QED) is 0.644. The summed E-state index contributed by atoms with van der Waals surface area (Å²) in [5.41, 5.74) is 1.35. The van der Waals surface area contributed by atoms with Crippen LogP contribution in [0.5, 0.6) is 0 Å². The molecule has 1 aromatic carbocycles. The van der Waals surface area contributed by atoms with Gasteiger partial charge in [-0.25, -0.2) is 0 Å². The van der Waals surface area contributed by atoms with Crippen molar-refractivity contribution in [2.24, 2.45) is 0 Å². The molecule has 2 aromatic rings.